The van der Waals surface area contributed by atoms with Crippen molar-refractivity contribution >= 4 is 53.5 Å². The second-order valence-electron chi connectivity index (χ2n) is 14.9. The molecule has 0 amide bonds. The molecule has 0 aromatic heterocycles. The van der Waals surface area contributed by atoms with E-state index in [1.165, 1.54) is 0 Å². The standard InChI is InChI=1S/C46H52O18S/c1-25(47)55-23-36-38(57-26(2)48)40(59-28(4)50)41(60-29(5)51)45(64-36)65-43-39(58-27(3)49)37(63-44(62-31(7)53)42(43)61-30(6)52)24-56-46(32-15-11-9-12-16-32,33-17-13-10-14-18-33)34-19-21-35(54-8)22-20-34/h9-22,36-45H,23-24H2,1-8H3/t36-,37-,38-,39-,40+,41-,42-,43+,44-,45+/m1/s1. The molecule has 0 N–H and O–H groups in total. The lowest BCUT2D eigenvalue weighted by Gasteiger charge is -2.48. The number of carbonyl (C=O) groups excluding carboxylic acids is 7. The normalized spacial score (nSPS) is 25.2. The minimum absolute atomic E-state index is 0.395. The summed E-state index contributed by atoms with van der Waals surface area (Å²) in [6.45, 7) is 6.78. The Hall–Kier alpha value is -6.02. The Labute approximate surface area is 379 Å². The van der Waals surface area contributed by atoms with Crippen molar-refractivity contribution < 1.29 is 85.7 Å². The van der Waals surface area contributed by atoms with Crippen molar-refractivity contribution in [1.82, 2.24) is 0 Å². The van der Waals surface area contributed by atoms with Crippen LogP contribution in [-0.4, -0.2) is 122 Å². The van der Waals surface area contributed by atoms with E-state index in [1.54, 1.807) is 19.2 Å². The third-order valence-corrected chi connectivity index (χ3v) is 11.5. The third kappa shape index (κ3) is 12.8. The zero-order valence-corrected chi connectivity index (χ0v) is 37.8. The van der Waals surface area contributed by atoms with Gasteiger partial charge >= 0.3 is 41.8 Å². The predicted molar refractivity (Wildman–Crippen MR) is 227 cm³/mol. The van der Waals surface area contributed by atoms with Crippen LogP contribution in [0.3, 0.4) is 0 Å². The van der Waals surface area contributed by atoms with Gasteiger partial charge in [0, 0.05) is 48.5 Å². The summed E-state index contributed by atoms with van der Waals surface area (Å²) in [5.74, 6) is -5.24. The van der Waals surface area contributed by atoms with E-state index in [1.807, 2.05) is 72.8 Å². The predicted octanol–water partition coefficient (Wildman–Crippen LogP) is 4.34. The van der Waals surface area contributed by atoms with Crippen LogP contribution in [0.5, 0.6) is 5.75 Å². The van der Waals surface area contributed by atoms with Gasteiger partial charge in [0.15, 0.2) is 24.4 Å². The summed E-state index contributed by atoms with van der Waals surface area (Å²) < 4.78 is 65.1. The monoisotopic (exact) mass is 924 g/mol. The summed E-state index contributed by atoms with van der Waals surface area (Å²) in [4.78, 5) is 88.7. The average molecular weight is 925 g/mol. The topological polar surface area (TPSA) is 221 Å². The fraction of sp³-hybridized carbons (Fsp3) is 0.457. The maximum absolute atomic E-state index is 13.2. The number of esters is 7. The molecule has 0 spiro atoms. The number of hydrogen-bond acceptors (Lipinski definition) is 19. The molecular weight excluding hydrogens is 873 g/mol. The zero-order valence-electron chi connectivity index (χ0n) is 37.0. The first-order valence-corrected chi connectivity index (χ1v) is 21.4. The van der Waals surface area contributed by atoms with Crippen molar-refractivity contribution in [2.24, 2.45) is 0 Å². The van der Waals surface area contributed by atoms with Gasteiger partial charge in [0.2, 0.25) is 6.29 Å². The van der Waals surface area contributed by atoms with Crippen molar-refractivity contribution in [1.29, 1.82) is 0 Å². The van der Waals surface area contributed by atoms with Crippen LogP contribution in [0.25, 0.3) is 0 Å². The Bertz CT molecular complexity index is 2090. The van der Waals surface area contributed by atoms with Gasteiger partial charge in [0.05, 0.1) is 19.0 Å². The Morgan fingerprint density at radius 2 is 0.938 bits per heavy atom. The van der Waals surface area contributed by atoms with Crippen LogP contribution in [0.2, 0.25) is 0 Å². The Kier molecular flexibility index (Phi) is 17.5. The van der Waals surface area contributed by atoms with Crippen LogP contribution in [0.15, 0.2) is 84.9 Å². The number of rotatable bonds is 17. The number of thioether (sulfide) groups is 1. The summed E-state index contributed by atoms with van der Waals surface area (Å²) in [6.07, 6.45) is -12.0. The molecule has 18 nitrogen and oxygen atoms in total. The molecule has 3 aromatic carbocycles. The lowest BCUT2D eigenvalue weighted by molar-refractivity contribution is -0.272. The van der Waals surface area contributed by atoms with Gasteiger partial charge < -0.3 is 52.1 Å². The van der Waals surface area contributed by atoms with Gasteiger partial charge in [0.25, 0.3) is 0 Å². The minimum Gasteiger partial charge on any atom is -0.497 e. The Morgan fingerprint density at radius 1 is 0.492 bits per heavy atom. The largest absolute Gasteiger partial charge is 0.497 e. The molecule has 0 aliphatic carbocycles. The Morgan fingerprint density at radius 3 is 1.43 bits per heavy atom. The van der Waals surface area contributed by atoms with Crippen LogP contribution in [-0.2, 0) is 86.5 Å². The van der Waals surface area contributed by atoms with E-state index in [0.717, 1.165) is 60.2 Å². The van der Waals surface area contributed by atoms with E-state index in [-0.39, 0.29) is 0 Å². The molecule has 0 bridgehead atoms. The number of benzene rings is 3. The summed E-state index contributed by atoms with van der Waals surface area (Å²) in [5.41, 5.74) is -0.817. The third-order valence-electron chi connectivity index (χ3n) is 10.0. The molecule has 3 aromatic rings. The number of methoxy groups -OCH3 is 1. The second-order valence-corrected chi connectivity index (χ2v) is 16.2. The lowest BCUT2D eigenvalue weighted by Crippen LogP contribution is -2.64. The number of carbonyl (C=O) groups is 7. The maximum Gasteiger partial charge on any atom is 0.305 e. The molecule has 65 heavy (non-hydrogen) atoms. The molecule has 0 unspecified atom stereocenters. The van der Waals surface area contributed by atoms with Gasteiger partial charge in [-0.3, -0.25) is 33.6 Å². The fourth-order valence-electron chi connectivity index (χ4n) is 7.66. The highest BCUT2D eigenvalue weighted by molar-refractivity contribution is 8.00. The summed E-state index contributed by atoms with van der Waals surface area (Å²) in [7, 11) is 1.54. The quantitative estimate of drug-likeness (QED) is 0.104. The first kappa shape index (κ1) is 50.0. The average Bonchev–Trinajstić information content (AvgIpc) is 3.24. The smallest absolute Gasteiger partial charge is 0.305 e. The first-order chi connectivity index (χ1) is 30.9. The van der Waals surface area contributed by atoms with Crippen LogP contribution in [0.4, 0.5) is 0 Å². The lowest BCUT2D eigenvalue weighted by atomic mass is 9.80. The molecule has 2 fully saturated rings. The van der Waals surface area contributed by atoms with Crippen LogP contribution in [0, 0.1) is 0 Å². The SMILES string of the molecule is COc1ccc(C(OC[C@H]2O[C@@H](OC(C)=O)[C@H](OC(C)=O)[C@@H](S[C@@H]3O[C@H](COC(C)=O)[C@@H](OC(C)=O)[C@H](OC(C)=O)[C@H]3OC(C)=O)[C@@H]2OC(C)=O)(c2ccccc2)c2ccccc2)cc1. The van der Waals surface area contributed by atoms with E-state index < -0.39 is 120 Å². The summed E-state index contributed by atoms with van der Waals surface area (Å²) in [6, 6.07) is 25.8. The fourth-order valence-corrected chi connectivity index (χ4v) is 9.26. The van der Waals surface area contributed by atoms with E-state index >= 15 is 0 Å². The van der Waals surface area contributed by atoms with Crippen molar-refractivity contribution in [3.63, 3.8) is 0 Å². The summed E-state index contributed by atoms with van der Waals surface area (Å²) >= 11 is 0.776. The van der Waals surface area contributed by atoms with Crippen molar-refractivity contribution in [2.75, 3.05) is 20.3 Å². The molecule has 2 heterocycles. The molecule has 10 atom stereocenters. The van der Waals surface area contributed by atoms with Crippen molar-refractivity contribution in [3.05, 3.63) is 102 Å². The van der Waals surface area contributed by atoms with Gasteiger partial charge in [-0.25, -0.2) is 0 Å². The van der Waals surface area contributed by atoms with E-state index in [9.17, 15) is 33.6 Å². The molecule has 2 aliphatic rings. The van der Waals surface area contributed by atoms with E-state index in [0.29, 0.717) is 22.4 Å². The molecule has 5 rings (SSSR count). The molecular formula is C46H52O18S. The van der Waals surface area contributed by atoms with Crippen molar-refractivity contribution in [2.45, 2.75) is 114 Å². The van der Waals surface area contributed by atoms with E-state index in [4.69, 9.17) is 52.1 Å². The summed E-state index contributed by atoms with van der Waals surface area (Å²) in [5, 5.41) is -1.33. The molecule has 19 heteroatoms. The molecule has 0 radical (unpaired) electrons. The highest BCUT2D eigenvalue weighted by Gasteiger charge is 2.58. The van der Waals surface area contributed by atoms with Gasteiger partial charge in [-0.15, -0.1) is 11.8 Å². The Balaban J connectivity index is 1.69. The highest BCUT2D eigenvalue weighted by Crippen LogP contribution is 2.45. The number of ether oxygens (including phenoxy) is 11. The van der Waals surface area contributed by atoms with Gasteiger partial charge in [-0.1, -0.05) is 72.8 Å². The van der Waals surface area contributed by atoms with Gasteiger partial charge in [0.1, 0.15) is 41.7 Å². The molecule has 0 saturated carbocycles. The van der Waals surface area contributed by atoms with Crippen LogP contribution >= 0.6 is 11.8 Å². The van der Waals surface area contributed by atoms with E-state index in [2.05, 4.69) is 0 Å². The zero-order chi connectivity index (χ0) is 47.4. The highest BCUT2D eigenvalue weighted by atomic mass is 32.2. The van der Waals surface area contributed by atoms with Crippen LogP contribution < -0.4 is 4.74 Å². The first-order valence-electron chi connectivity index (χ1n) is 20.5. The van der Waals surface area contributed by atoms with Gasteiger partial charge in [-0.2, -0.15) is 0 Å². The van der Waals surface area contributed by atoms with Gasteiger partial charge in [-0.05, 0) is 28.8 Å². The molecule has 350 valence electrons. The van der Waals surface area contributed by atoms with Crippen LogP contribution in [0.1, 0.15) is 65.2 Å². The molecule has 2 saturated heterocycles. The van der Waals surface area contributed by atoms with Crippen molar-refractivity contribution in [3.8, 4) is 5.75 Å². The maximum atomic E-state index is 13.2. The molecule has 2 aliphatic heterocycles. The number of hydrogen-bond donors (Lipinski definition) is 0. The second kappa shape index (κ2) is 22.7. The minimum atomic E-state index is -1.68.